The van der Waals surface area contributed by atoms with Crippen LogP contribution >= 0.6 is 0 Å². The van der Waals surface area contributed by atoms with Gasteiger partial charge in [0, 0.05) is 12.8 Å². The molecule has 11 nitrogen and oxygen atoms in total. The van der Waals surface area contributed by atoms with Gasteiger partial charge in [0.2, 0.25) is 0 Å². The predicted octanol–water partition coefficient (Wildman–Crippen LogP) is 2.56. The topological polar surface area (TPSA) is 160 Å². The van der Waals surface area contributed by atoms with Crippen LogP contribution in [0, 0.1) is 0 Å². The predicted molar refractivity (Wildman–Crippen MR) is 127 cm³/mol. The quantitative estimate of drug-likeness (QED) is 0.217. The minimum atomic E-state index is -2.04. The van der Waals surface area contributed by atoms with Gasteiger partial charge >= 0.3 is 24.0 Å². The molecule has 0 aliphatic rings. The molecule has 2 unspecified atom stereocenters. The molecule has 0 saturated heterocycles. The highest BCUT2D eigenvalue weighted by atomic mass is 16.6. The summed E-state index contributed by atoms with van der Waals surface area (Å²) >= 11 is 0. The van der Waals surface area contributed by atoms with Gasteiger partial charge in [-0.2, -0.15) is 0 Å². The standard InChI is InChI=1S/C24H42N2O9/c1-9-32-18(28)14-15-24(25,20(30)33-10-2)17(27)13-11-12-16(19(29)34-22(3,4)5)26-21(31)35-23(6,7)8/h16H,9-15,25H2,1-8H3,(H,26,31). The van der Waals surface area contributed by atoms with E-state index in [0.717, 1.165) is 0 Å². The maximum Gasteiger partial charge on any atom is 0.408 e. The molecule has 0 spiro atoms. The van der Waals surface area contributed by atoms with Crippen LogP contribution in [0.15, 0.2) is 0 Å². The highest BCUT2D eigenvalue weighted by Crippen LogP contribution is 2.20. The fraction of sp³-hybridized carbons (Fsp3) is 0.792. The van der Waals surface area contributed by atoms with E-state index in [0.29, 0.717) is 0 Å². The van der Waals surface area contributed by atoms with Crippen molar-refractivity contribution in [3.8, 4) is 0 Å². The van der Waals surface area contributed by atoms with Crippen molar-refractivity contribution in [2.24, 2.45) is 5.73 Å². The van der Waals surface area contributed by atoms with Crippen LogP contribution < -0.4 is 11.1 Å². The Kier molecular flexibility index (Phi) is 12.9. The Bertz CT molecular complexity index is 753. The number of hydrogen-bond donors (Lipinski definition) is 2. The first-order chi connectivity index (χ1) is 15.9. The van der Waals surface area contributed by atoms with E-state index in [1.54, 1.807) is 55.4 Å². The molecule has 35 heavy (non-hydrogen) atoms. The number of hydrogen-bond acceptors (Lipinski definition) is 10. The molecule has 11 heteroatoms. The Labute approximate surface area is 207 Å². The van der Waals surface area contributed by atoms with E-state index in [1.807, 2.05) is 0 Å². The molecule has 0 rings (SSSR count). The number of rotatable bonds is 13. The van der Waals surface area contributed by atoms with Gasteiger partial charge in [-0.15, -0.1) is 0 Å². The number of nitrogens with two attached hydrogens (primary N) is 1. The molecule has 1 amide bonds. The van der Waals surface area contributed by atoms with Crippen molar-refractivity contribution < 1.29 is 42.9 Å². The van der Waals surface area contributed by atoms with Crippen LogP contribution in [-0.4, -0.2) is 65.8 Å². The summed E-state index contributed by atoms with van der Waals surface area (Å²) in [6, 6.07) is -1.09. The molecule has 0 aliphatic heterocycles. The van der Waals surface area contributed by atoms with Gasteiger partial charge < -0.3 is 30.0 Å². The normalized spacial score (nSPS) is 14.2. The molecule has 0 fully saturated rings. The van der Waals surface area contributed by atoms with Crippen LogP contribution in [0.25, 0.3) is 0 Å². The average molecular weight is 503 g/mol. The summed E-state index contributed by atoms with van der Waals surface area (Å²) in [6.07, 6.45) is -1.42. The summed E-state index contributed by atoms with van der Waals surface area (Å²) in [7, 11) is 0. The average Bonchev–Trinajstić information content (AvgIpc) is 2.68. The van der Waals surface area contributed by atoms with E-state index in [1.165, 1.54) is 0 Å². The zero-order valence-corrected chi connectivity index (χ0v) is 22.3. The summed E-state index contributed by atoms with van der Waals surface area (Å²) in [6.45, 7) is 13.5. The van der Waals surface area contributed by atoms with E-state index in [9.17, 15) is 24.0 Å². The minimum Gasteiger partial charge on any atom is -0.466 e. The summed E-state index contributed by atoms with van der Waals surface area (Å²) in [5.74, 6) is -2.88. The van der Waals surface area contributed by atoms with Gasteiger partial charge in [0.1, 0.15) is 17.2 Å². The lowest BCUT2D eigenvalue weighted by atomic mass is 9.86. The first-order valence-corrected chi connectivity index (χ1v) is 11.8. The minimum absolute atomic E-state index is 0.00496. The Morgan fingerprint density at radius 3 is 1.86 bits per heavy atom. The second-order valence-electron chi connectivity index (χ2n) is 10.0. The molecule has 0 aromatic heterocycles. The number of alkyl carbamates (subject to hydrolysis) is 1. The molecule has 0 radical (unpaired) electrons. The molecule has 0 aliphatic carbocycles. The lowest BCUT2D eigenvalue weighted by molar-refractivity contribution is -0.158. The molecular weight excluding hydrogens is 460 g/mol. The summed E-state index contributed by atoms with van der Waals surface area (Å²) in [5, 5.41) is 2.47. The smallest absolute Gasteiger partial charge is 0.408 e. The second kappa shape index (κ2) is 14.0. The number of amides is 1. The fourth-order valence-electron chi connectivity index (χ4n) is 2.91. The number of nitrogens with one attached hydrogen (secondary N) is 1. The van der Waals surface area contributed by atoms with Gasteiger partial charge in [-0.1, -0.05) is 0 Å². The van der Waals surface area contributed by atoms with E-state index in [4.69, 9.17) is 24.7 Å². The van der Waals surface area contributed by atoms with Crippen molar-refractivity contribution >= 4 is 29.8 Å². The largest absolute Gasteiger partial charge is 0.466 e. The van der Waals surface area contributed by atoms with Crippen LogP contribution in [0.2, 0.25) is 0 Å². The van der Waals surface area contributed by atoms with Gasteiger partial charge in [-0.05, 0) is 74.7 Å². The van der Waals surface area contributed by atoms with Gasteiger partial charge in [0.05, 0.1) is 13.2 Å². The van der Waals surface area contributed by atoms with Crippen molar-refractivity contribution in [1.82, 2.24) is 5.32 Å². The number of Topliss-reactive ketones (excluding diaryl/α,β-unsaturated/α-hetero) is 1. The molecule has 0 heterocycles. The molecule has 0 saturated carbocycles. The molecule has 0 aromatic rings. The Balaban J connectivity index is 5.39. The van der Waals surface area contributed by atoms with Crippen molar-refractivity contribution in [1.29, 1.82) is 0 Å². The lowest BCUT2D eigenvalue weighted by Crippen LogP contribution is -2.56. The Morgan fingerprint density at radius 1 is 0.829 bits per heavy atom. The van der Waals surface area contributed by atoms with Crippen LogP contribution in [0.3, 0.4) is 0 Å². The van der Waals surface area contributed by atoms with E-state index in [2.05, 4.69) is 5.32 Å². The fourth-order valence-corrected chi connectivity index (χ4v) is 2.91. The maximum absolute atomic E-state index is 12.9. The van der Waals surface area contributed by atoms with Gasteiger partial charge in [-0.25, -0.2) is 14.4 Å². The van der Waals surface area contributed by atoms with Crippen molar-refractivity contribution in [3.63, 3.8) is 0 Å². The highest BCUT2D eigenvalue weighted by Gasteiger charge is 2.43. The van der Waals surface area contributed by atoms with Crippen LogP contribution in [-0.2, 0) is 38.1 Å². The molecular formula is C24H42N2O9. The summed E-state index contributed by atoms with van der Waals surface area (Å²) in [4.78, 5) is 62.0. The lowest BCUT2D eigenvalue weighted by Gasteiger charge is -2.27. The molecule has 0 aromatic carbocycles. The number of carbonyl (C=O) groups is 5. The van der Waals surface area contributed by atoms with E-state index >= 15 is 0 Å². The Morgan fingerprint density at radius 2 is 1.37 bits per heavy atom. The van der Waals surface area contributed by atoms with Gasteiger partial charge in [0.15, 0.2) is 11.3 Å². The highest BCUT2D eigenvalue weighted by molar-refractivity contribution is 6.08. The maximum atomic E-state index is 12.9. The summed E-state index contributed by atoms with van der Waals surface area (Å²) in [5.41, 5.74) is 2.49. The molecule has 3 N–H and O–H groups in total. The molecule has 2 atom stereocenters. The zero-order chi connectivity index (χ0) is 27.4. The van der Waals surface area contributed by atoms with E-state index in [-0.39, 0.29) is 45.3 Å². The third-order valence-corrected chi connectivity index (χ3v) is 4.44. The monoisotopic (exact) mass is 502 g/mol. The number of ketones is 1. The number of carbonyl (C=O) groups excluding carboxylic acids is 5. The molecule has 202 valence electrons. The molecule has 0 bridgehead atoms. The van der Waals surface area contributed by atoms with Crippen molar-refractivity contribution in [2.75, 3.05) is 13.2 Å². The van der Waals surface area contributed by atoms with Crippen molar-refractivity contribution in [3.05, 3.63) is 0 Å². The first-order valence-electron chi connectivity index (χ1n) is 11.8. The number of ether oxygens (including phenoxy) is 4. The third-order valence-electron chi connectivity index (χ3n) is 4.44. The van der Waals surface area contributed by atoms with Crippen LogP contribution in [0.4, 0.5) is 4.79 Å². The number of esters is 3. The van der Waals surface area contributed by atoms with E-state index < -0.39 is 52.6 Å². The second-order valence-corrected chi connectivity index (χ2v) is 10.0. The first kappa shape index (κ1) is 32.3. The van der Waals surface area contributed by atoms with Gasteiger partial charge in [-0.3, -0.25) is 9.59 Å². The van der Waals surface area contributed by atoms with Gasteiger partial charge in [0.25, 0.3) is 0 Å². The van der Waals surface area contributed by atoms with Crippen LogP contribution in [0.5, 0.6) is 0 Å². The zero-order valence-electron chi connectivity index (χ0n) is 22.3. The van der Waals surface area contributed by atoms with Crippen molar-refractivity contribution in [2.45, 2.75) is 110 Å². The summed E-state index contributed by atoms with van der Waals surface area (Å²) < 4.78 is 20.4. The third kappa shape index (κ3) is 13.1. The van der Waals surface area contributed by atoms with Crippen LogP contribution in [0.1, 0.15) is 87.5 Å². The Hall–Kier alpha value is -2.69. The SMILES string of the molecule is CCOC(=O)CCC(N)(C(=O)CCCC(NC(=O)OC(C)(C)C)C(=O)OC(C)(C)C)C(=O)OCC.